The molecule has 4 nitrogen and oxygen atoms in total. The maximum atomic E-state index is 12.1. The maximum absolute atomic E-state index is 12.1. The van der Waals surface area contributed by atoms with Gasteiger partial charge in [-0.3, -0.25) is 9.69 Å². The quantitative estimate of drug-likeness (QED) is 0.729. The molecule has 2 aromatic carbocycles. The molecule has 3 aromatic rings. The number of fused-ring (bicyclic) bond motifs is 1. The lowest BCUT2D eigenvalue weighted by atomic mass is 10.2. The Hall–Kier alpha value is -2.62. The molecule has 0 N–H and O–H groups in total. The fraction of sp³-hybridized carbons (Fsp3) is 0.125. The van der Waals surface area contributed by atoms with Crippen LogP contribution in [0.4, 0.5) is 11.7 Å². The minimum absolute atomic E-state index is 0.267. The van der Waals surface area contributed by atoms with Crippen LogP contribution in [0, 0.1) is 0 Å². The number of rotatable bonds is 3. The van der Waals surface area contributed by atoms with Gasteiger partial charge in [0.15, 0.2) is 0 Å². The SMILES string of the molecule is CCN(c1ccccc1)c1nc(=O)c2ccccc2o1. The molecule has 3 rings (SSSR count). The fourth-order valence-electron chi connectivity index (χ4n) is 2.15. The van der Waals surface area contributed by atoms with Crippen LogP contribution in [0.1, 0.15) is 6.92 Å². The van der Waals surface area contributed by atoms with E-state index < -0.39 is 0 Å². The van der Waals surface area contributed by atoms with Crippen LogP contribution < -0.4 is 10.5 Å². The zero-order valence-electron chi connectivity index (χ0n) is 11.1. The summed E-state index contributed by atoms with van der Waals surface area (Å²) in [6.07, 6.45) is 0. The molecule has 0 amide bonds. The summed E-state index contributed by atoms with van der Waals surface area (Å²) in [5, 5.41) is 0.500. The van der Waals surface area contributed by atoms with Crippen LogP contribution in [-0.2, 0) is 0 Å². The number of aromatic nitrogens is 1. The van der Waals surface area contributed by atoms with E-state index >= 15 is 0 Å². The Morgan fingerprint density at radius 1 is 1.05 bits per heavy atom. The highest BCUT2D eigenvalue weighted by atomic mass is 16.4. The van der Waals surface area contributed by atoms with Gasteiger partial charge in [0.2, 0.25) is 0 Å². The second kappa shape index (κ2) is 5.17. The van der Waals surface area contributed by atoms with E-state index in [1.165, 1.54) is 0 Å². The molecule has 0 unspecified atom stereocenters. The van der Waals surface area contributed by atoms with Gasteiger partial charge in [0.1, 0.15) is 5.58 Å². The van der Waals surface area contributed by atoms with Crippen molar-refractivity contribution in [2.24, 2.45) is 0 Å². The summed E-state index contributed by atoms with van der Waals surface area (Å²) in [6, 6.07) is 17.2. The third kappa shape index (κ3) is 2.16. The average molecular weight is 266 g/mol. The molecule has 100 valence electrons. The van der Waals surface area contributed by atoms with Crippen molar-refractivity contribution < 1.29 is 4.42 Å². The minimum Gasteiger partial charge on any atom is -0.425 e. The van der Waals surface area contributed by atoms with E-state index in [9.17, 15) is 4.79 Å². The van der Waals surface area contributed by atoms with Crippen molar-refractivity contribution in [3.05, 3.63) is 65.0 Å². The van der Waals surface area contributed by atoms with Crippen LogP contribution >= 0.6 is 0 Å². The van der Waals surface area contributed by atoms with E-state index in [-0.39, 0.29) is 5.56 Å². The zero-order valence-corrected chi connectivity index (χ0v) is 11.1. The fourth-order valence-corrected chi connectivity index (χ4v) is 2.15. The van der Waals surface area contributed by atoms with Crippen molar-refractivity contribution in [1.29, 1.82) is 0 Å². The third-order valence-corrected chi connectivity index (χ3v) is 3.13. The Morgan fingerprint density at radius 3 is 2.50 bits per heavy atom. The minimum atomic E-state index is -0.267. The second-order valence-corrected chi connectivity index (χ2v) is 4.38. The first-order valence-electron chi connectivity index (χ1n) is 6.52. The van der Waals surface area contributed by atoms with Crippen LogP contribution in [0.25, 0.3) is 11.0 Å². The van der Waals surface area contributed by atoms with E-state index in [1.807, 2.05) is 48.2 Å². The molecule has 0 atom stereocenters. The van der Waals surface area contributed by atoms with Crippen LogP contribution in [0.15, 0.2) is 63.8 Å². The van der Waals surface area contributed by atoms with Gasteiger partial charge < -0.3 is 4.42 Å². The van der Waals surface area contributed by atoms with Crippen molar-refractivity contribution in [3.63, 3.8) is 0 Å². The molecule has 0 spiro atoms. The first-order valence-corrected chi connectivity index (χ1v) is 6.52. The Morgan fingerprint density at radius 2 is 1.75 bits per heavy atom. The predicted octanol–water partition coefficient (Wildman–Crippen LogP) is 3.35. The smallest absolute Gasteiger partial charge is 0.305 e. The lowest BCUT2D eigenvalue weighted by Gasteiger charge is -2.19. The van der Waals surface area contributed by atoms with Crippen molar-refractivity contribution in [2.75, 3.05) is 11.4 Å². The highest BCUT2D eigenvalue weighted by molar-refractivity contribution is 5.76. The summed E-state index contributed by atoms with van der Waals surface area (Å²) in [6.45, 7) is 2.65. The van der Waals surface area contributed by atoms with E-state index in [0.29, 0.717) is 23.5 Å². The Kier molecular flexibility index (Phi) is 3.21. The number of hydrogen-bond donors (Lipinski definition) is 0. The van der Waals surface area contributed by atoms with Gasteiger partial charge in [0.25, 0.3) is 5.56 Å². The normalized spacial score (nSPS) is 10.7. The molecule has 1 aromatic heterocycles. The standard InChI is InChI=1S/C16H14N2O2/c1-2-18(12-8-4-3-5-9-12)16-17-15(19)13-10-6-7-11-14(13)20-16/h3-11H,2H2,1H3. The first kappa shape index (κ1) is 12.4. The molecular formula is C16H14N2O2. The van der Waals surface area contributed by atoms with Gasteiger partial charge in [-0.25, -0.2) is 0 Å². The summed E-state index contributed by atoms with van der Waals surface area (Å²) in [4.78, 5) is 18.0. The predicted molar refractivity (Wildman–Crippen MR) is 79.4 cm³/mol. The molecule has 4 heteroatoms. The highest BCUT2D eigenvalue weighted by Crippen LogP contribution is 2.24. The van der Waals surface area contributed by atoms with Gasteiger partial charge in [-0.1, -0.05) is 30.3 Å². The molecule has 0 aliphatic rings. The maximum Gasteiger partial charge on any atom is 0.305 e. The molecule has 0 saturated carbocycles. The molecule has 0 aliphatic carbocycles. The molecule has 0 radical (unpaired) electrons. The van der Waals surface area contributed by atoms with Gasteiger partial charge >= 0.3 is 6.01 Å². The van der Waals surface area contributed by atoms with Gasteiger partial charge in [-0.2, -0.15) is 4.98 Å². The number of para-hydroxylation sites is 2. The highest BCUT2D eigenvalue weighted by Gasteiger charge is 2.13. The molecule has 20 heavy (non-hydrogen) atoms. The van der Waals surface area contributed by atoms with Gasteiger partial charge in [-0.15, -0.1) is 0 Å². The number of anilines is 2. The Labute approximate surface area is 116 Å². The van der Waals surface area contributed by atoms with E-state index in [4.69, 9.17) is 4.42 Å². The zero-order chi connectivity index (χ0) is 13.9. The van der Waals surface area contributed by atoms with Crippen molar-refractivity contribution in [1.82, 2.24) is 4.98 Å². The van der Waals surface area contributed by atoms with Crippen LogP contribution in [0.3, 0.4) is 0 Å². The monoisotopic (exact) mass is 266 g/mol. The molecular weight excluding hydrogens is 252 g/mol. The average Bonchev–Trinajstić information content (AvgIpc) is 2.49. The van der Waals surface area contributed by atoms with Gasteiger partial charge in [0, 0.05) is 12.2 Å². The summed E-state index contributed by atoms with van der Waals surface area (Å²) in [5.74, 6) is 0. The van der Waals surface area contributed by atoms with Crippen LogP contribution in [0.2, 0.25) is 0 Å². The van der Waals surface area contributed by atoms with Gasteiger partial charge in [-0.05, 0) is 31.2 Å². The molecule has 0 fully saturated rings. The first-order chi connectivity index (χ1) is 9.79. The molecule has 0 bridgehead atoms. The van der Waals surface area contributed by atoms with Crippen molar-refractivity contribution in [3.8, 4) is 0 Å². The summed E-state index contributed by atoms with van der Waals surface area (Å²) < 4.78 is 5.76. The lowest BCUT2D eigenvalue weighted by Crippen LogP contribution is -2.20. The van der Waals surface area contributed by atoms with Crippen LogP contribution in [-0.4, -0.2) is 11.5 Å². The Balaban J connectivity index is 2.16. The molecule has 0 aliphatic heterocycles. The third-order valence-electron chi connectivity index (χ3n) is 3.13. The van der Waals surface area contributed by atoms with E-state index in [2.05, 4.69) is 4.98 Å². The number of hydrogen-bond acceptors (Lipinski definition) is 4. The van der Waals surface area contributed by atoms with Gasteiger partial charge in [0.05, 0.1) is 5.39 Å². The van der Waals surface area contributed by atoms with E-state index in [1.54, 1.807) is 18.2 Å². The van der Waals surface area contributed by atoms with Crippen molar-refractivity contribution >= 4 is 22.7 Å². The topological polar surface area (TPSA) is 46.3 Å². The molecule has 0 saturated heterocycles. The molecule has 1 heterocycles. The number of nitrogens with zero attached hydrogens (tertiary/aromatic N) is 2. The summed E-state index contributed by atoms with van der Waals surface area (Å²) >= 11 is 0. The van der Waals surface area contributed by atoms with E-state index in [0.717, 1.165) is 5.69 Å². The largest absolute Gasteiger partial charge is 0.425 e. The van der Waals surface area contributed by atoms with Crippen LogP contribution in [0.5, 0.6) is 0 Å². The summed E-state index contributed by atoms with van der Waals surface area (Å²) in [5.41, 5.74) is 1.23. The second-order valence-electron chi connectivity index (χ2n) is 4.38. The Bertz CT molecular complexity index is 781. The lowest BCUT2D eigenvalue weighted by molar-refractivity contribution is 0.571. The number of benzene rings is 2. The van der Waals surface area contributed by atoms with Crippen molar-refractivity contribution in [2.45, 2.75) is 6.92 Å². The summed E-state index contributed by atoms with van der Waals surface area (Å²) in [7, 11) is 0.